The van der Waals surface area contributed by atoms with Gasteiger partial charge in [0.2, 0.25) is 0 Å². The zero-order valence-corrected chi connectivity index (χ0v) is 24.2. The highest BCUT2D eigenvalue weighted by Crippen LogP contribution is 2.42. The molecule has 3 unspecified atom stereocenters. The molecule has 206 valence electrons. The van der Waals surface area contributed by atoms with Gasteiger partial charge in [0.15, 0.2) is 0 Å². The molecular weight excluding hydrogens is 504 g/mol. The van der Waals surface area contributed by atoms with Gasteiger partial charge in [-0.15, -0.1) is 0 Å². The molecule has 0 radical (unpaired) electrons. The van der Waals surface area contributed by atoms with Crippen molar-refractivity contribution in [3.63, 3.8) is 0 Å². The maximum Gasteiger partial charge on any atom is 0.0137 e. The fourth-order valence-electron chi connectivity index (χ4n) is 7.13. The maximum atomic E-state index is 2.49. The van der Waals surface area contributed by atoms with Crippen LogP contribution < -0.4 is 10.4 Å². The molecule has 0 aromatic heterocycles. The predicted molar refractivity (Wildman–Crippen MR) is 180 cm³/mol. The number of rotatable bonds is 4. The van der Waals surface area contributed by atoms with Crippen LogP contribution in [0.1, 0.15) is 54.7 Å². The lowest BCUT2D eigenvalue weighted by Gasteiger charge is -2.34. The van der Waals surface area contributed by atoms with Crippen molar-refractivity contribution in [2.24, 2.45) is 11.8 Å². The second-order valence-electron chi connectivity index (χ2n) is 11.8. The Bertz CT molecular complexity index is 1800. The average Bonchev–Trinajstić information content (AvgIpc) is 3.06. The monoisotopic (exact) mass is 542 g/mol. The molecule has 0 fully saturated rings. The van der Waals surface area contributed by atoms with E-state index >= 15 is 0 Å². The minimum Gasteiger partial charge on any atom is -0.0842 e. The summed E-state index contributed by atoms with van der Waals surface area (Å²) in [6.07, 6.45) is 46.3. The summed E-state index contributed by atoms with van der Waals surface area (Å²) < 4.78 is 0. The van der Waals surface area contributed by atoms with E-state index in [0.29, 0.717) is 11.8 Å². The molecular formula is C42H38. The highest BCUT2D eigenvalue weighted by atomic mass is 14.4. The summed E-state index contributed by atoms with van der Waals surface area (Å²) in [5, 5.41) is 2.76. The lowest BCUT2D eigenvalue weighted by atomic mass is 9.69. The summed E-state index contributed by atoms with van der Waals surface area (Å²) in [5.41, 5.74) is 9.85. The van der Waals surface area contributed by atoms with Crippen LogP contribution in [0, 0.1) is 11.8 Å². The van der Waals surface area contributed by atoms with Crippen molar-refractivity contribution in [3.05, 3.63) is 185 Å². The van der Waals surface area contributed by atoms with E-state index in [-0.39, 0.29) is 5.92 Å². The molecule has 0 aliphatic heterocycles. The van der Waals surface area contributed by atoms with Crippen molar-refractivity contribution in [2.45, 2.75) is 38.0 Å². The Kier molecular flexibility index (Phi) is 7.70. The zero-order chi connectivity index (χ0) is 28.1. The lowest BCUT2D eigenvalue weighted by molar-refractivity contribution is 0.680. The zero-order valence-electron chi connectivity index (χ0n) is 24.2. The number of benzene rings is 2. The minimum atomic E-state index is 0.288. The van der Waals surface area contributed by atoms with Crippen LogP contribution in [0.4, 0.5) is 0 Å². The van der Waals surface area contributed by atoms with Gasteiger partial charge < -0.3 is 0 Å². The summed E-state index contributed by atoms with van der Waals surface area (Å²) >= 11 is 0. The number of allylic oxidation sites excluding steroid dienone is 20. The lowest BCUT2D eigenvalue weighted by Crippen LogP contribution is -2.40. The van der Waals surface area contributed by atoms with Crippen LogP contribution in [-0.4, -0.2) is 0 Å². The van der Waals surface area contributed by atoms with Crippen molar-refractivity contribution in [3.8, 4) is 0 Å². The third kappa shape index (κ3) is 5.30. The first-order valence-electron chi connectivity index (χ1n) is 15.6. The molecule has 5 aliphatic rings. The minimum absolute atomic E-state index is 0.288. The molecule has 0 heterocycles. The topological polar surface area (TPSA) is 0 Å². The molecule has 0 spiro atoms. The van der Waals surface area contributed by atoms with E-state index < -0.39 is 0 Å². The van der Waals surface area contributed by atoms with Gasteiger partial charge in [-0.25, -0.2) is 0 Å². The highest BCUT2D eigenvalue weighted by Gasteiger charge is 2.32. The third-order valence-corrected chi connectivity index (χ3v) is 9.12. The maximum absolute atomic E-state index is 2.49. The predicted octanol–water partition coefficient (Wildman–Crippen LogP) is 9.13. The Morgan fingerprint density at radius 1 is 0.571 bits per heavy atom. The van der Waals surface area contributed by atoms with Gasteiger partial charge in [-0.2, -0.15) is 0 Å². The quantitative estimate of drug-likeness (QED) is 0.361. The molecule has 0 nitrogen and oxygen atoms in total. The van der Waals surface area contributed by atoms with Crippen LogP contribution in [-0.2, 0) is 0 Å². The SMILES string of the molecule is C1=CC=CCCC(C2=c3ccccc3=C(c3cc(C4=CCCC=C4)cc(C4C=CC=CC4)c3)C3C=CC=CC23)=CC=C1. The third-order valence-electron chi connectivity index (χ3n) is 9.12. The van der Waals surface area contributed by atoms with E-state index in [1.807, 2.05) is 0 Å². The van der Waals surface area contributed by atoms with Crippen LogP contribution >= 0.6 is 0 Å². The molecule has 0 saturated heterocycles. The second-order valence-corrected chi connectivity index (χ2v) is 11.8. The summed E-state index contributed by atoms with van der Waals surface area (Å²) in [7, 11) is 0. The van der Waals surface area contributed by atoms with Gasteiger partial charge in [0.05, 0.1) is 0 Å². The van der Waals surface area contributed by atoms with E-state index in [4.69, 9.17) is 0 Å². The van der Waals surface area contributed by atoms with Crippen LogP contribution in [0.25, 0.3) is 16.7 Å². The number of hydrogen-bond donors (Lipinski definition) is 0. The molecule has 5 aliphatic carbocycles. The molecule has 0 amide bonds. The Balaban J connectivity index is 1.49. The fraction of sp³-hybridized carbons (Fsp3) is 0.190. The molecule has 2 aromatic rings. The van der Waals surface area contributed by atoms with E-state index in [1.165, 1.54) is 49.4 Å². The average molecular weight is 543 g/mol. The first-order valence-corrected chi connectivity index (χ1v) is 15.6. The van der Waals surface area contributed by atoms with Crippen LogP contribution in [0.15, 0.2) is 157 Å². The van der Waals surface area contributed by atoms with E-state index in [9.17, 15) is 0 Å². The summed E-state index contributed by atoms with van der Waals surface area (Å²) in [4.78, 5) is 0. The van der Waals surface area contributed by atoms with Gasteiger partial charge in [0, 0.05) is 17.8 Å². The molecule has 0 heteroatoms. The van der Waals surface area contributed by atoms with Gasteiger partial charge in [0.25, 0.3) is 0 Å². The normalized spacial score (nSPS) is 24.3. The first kappa shape index (κ1) is 26.5. The van der Waals surface area contributed by atoms with Gasteiger partial charge in [-0.3, -0.25) is 0 Å². The van der Waals surface area contributed by atoms with Gasteiger partial charge in [-0.1, -0.05) is 146 Å². The summed E-state index contributed by atoms with van der Waals surface area (Å²) in [6, 6.07) is 16.6. The first-order chi connectivity index (χ1) is 20.9. The van der Waals surface area contributed by atoms with E-state index in [0.717, 1.165) is 32.1 Å². The van der Waals surface area contributed by atoms with Crippen LogP contribution in [0.2, 0.25) is 0 Å². The molecule has 0 N–H and O–H groups in total. The Labute approximate surface area is 250 Å². The van der Waals surface area contributed by atoms with Gasteiger partial charge >= 0.3 is 0 Å². The standard InChI is InChI=1S/C42H38/c1-2-4-8-22-33(23-9-5-3-1)41-37-24-14-16-26-39(37)42(40-27-17-15-25-38(40)41)36-29-34(31-18-10-6-11-19-31)28-35(30-36)32-20-12-7-13-21-32/h1-6,8,10-12,14-18,20-22,24-31,37,39H,7,9,13,19,23H2. The number of fused-ring (bicyclic) bond motifs is 2. The molecule has 0 saturated carbocycles. The van der Waals surface area contributed by atoms with Crippen LogP contribution in [0.5, 0.6) is 0 Å². The van der Waals surface area contributed by atoms with Crippen molar-refractivity contribution >= 4 is 16.7 Å². The molecule has 3 atom stereocenters. The summed E-state index contributed by atoms with van der Waals surface area (Å²) in [6.45, 7) is 0. The summed E-state index contributed by atoms with van der Waals surface area (Å²) in [5.74, 6) is 1.000. The van der Waals surface area contributed by atoms with Crippen molar-refractivity contribution < 1.29 is 0 Å². The van der Waals surface area contributed by atoms with Crippen LogP contribution in [0.3, 0.4) is 0 Å². The molecule has 2 aromatic carbocycles. The van der Waals surface area contributed by atoms with Crippen molar-refractivity contribution in [1.29, 1.82) is 0 Å². The second kappa shape index (κ2) is 12.2. The van der Waals surface area contributed by atoms with E-state index in [2.05, 4.69) is 152 Å². The Morgan fingerprint density at radius 2 is 1.31 bits per heavy atom. The molecule has 7 rings (SSSR count). The molecule has 0 bridgehead atoms. The van der Waals surface area contributed by atoms with E-state index in [1.54, 1.807) is 0 Å². The fourth-order valence-corrected chi connectivity index (χ4v) is 7.13. The van der Waals surface area contributed by atoms with Gasteiger partial charge in [-0.05, 0) is 87.6 Å². The van der Waals surface area contributed by atoms with Gasteiger partial charge in [0.1, 0.15) is 0 Å². The Morgan fingerprint density at radius 3 is 2.12 bits per heavy atom. The Hall–Kier alpha value is -4.42. The van der Waals surface area contributed by atoms with Crippen molar-refractivity contribution in [1.82, 2.24) is 0 Å². The number of hydrogen-bond acceptors (Lipinski definition) is 0. The highest BCUT2D eigenvalue weighted by molar-refractivity contribution is 5.83. The largest absolute Gasteiger partial charge is 0.0842 e. The molecule has 42 heavy (non-hydrogen) atoms. The van der Waals surface area contributed by atoms with Crippen molar-refractivity contribution in [2.75, 3.05) is 0 Å². The smallest absolute Gasteiger partial charge is 0.0137 e.